The molecule has 0 radical (unpaired) electrons. The van der Waals surface area contributed by atoms with Crippen LogP contribution in [0, 0.1) is 6.92 Å². The summed E-state index contributed by atoms with van der Waals surface area (Å²) in [5.41, 5.74) is 1.71. The summed E-state index contributed by atoms with van der Waals surface area (Å²) in [5.74, 6) is -0.858. The Kier molecular flexibility index (Phi) is 3.47. The van der Waals surface area contributed by atoms with Crippen molar-refractivity contribution in [1.29, 1.82) is 0 Å². The standard InChI is InChI=1S/C17H21NO3/c1-12-5-2-6-13(11-12)17(8-4-9-17)16(21)18-10-3-7-14(18)15(19)20/h2,5-6,11,14H,3-4,7-10H2,1H3,(H,19,20)/t14-/m0/s1. The van der Waals surface area contributed by atoms with Gasteiger partial charge < -0.3 is 10.0 Å². The van der Waals surface area contributed by atoms with Crippen molar-refractivity contribution >= 4 is 11.9 Å². The number of nitrogens with zero attached hydrogens (tertiary/aromatic N) is 1. The van der Waals surface area contributed by atoms with Gasteiger partial charge in [0.2, 0.25) is 5.91 Å². The third kappa shape index (κ3) is 2.23. The molecular formula is C17H21NO3. The van der Waals surface area contributed by atoms with E-state index >= 15 is 0 Å². The molecular weight excluding hydrogens is 266 g/mol. The van der Waals surface area contributed by atoms with Gasteiger partial charge in [-0.2, -0.15) is 0 Å². The number of carboxylic acid groups (broad SMARTS) is 1. The normalized spacial score (nSPS) is 23.7. The summed E-state index contributed by atoms with van der Waals surface area (Å²) in [7, 11) is 0. The maximum Gasteiger partial charge on any atom is 0.326 e. The average Bonchev–Trinajstić information content (AvgIpc) is 2.86. The van der Waals surface area contributed by atoms with Crippen LogP contribution in [0.5, 0.6) is 0 Å². The highest BCUT2D eigenvalue weighted by Crippen LogP contribution is 2.46. The fourth-order valence-corrected chi connectivity index (χ4v) is 3.64. The van der Waals surface area contributed by atoms with Crippen molar-refractivity contribution in [3.05, 3.63) is 35.4 Å². The number of amides is 1. The van der Waals surface area contributed by atoms with Crippen LogP contribution in [0.3, 0.4) is 0 Å². The minimum atomic E-state index is -0.875. The Morgan fingerprint density at radius 1 is 1.29 bits per heavy atom. The highest BCUT2D eigenvalue weighted by molar-refractivity contribution is 5.92. The van der Waals surface area contributed by atoms with Gasteiger partial charge in [-0.15, -0.1) is 0 Å². The van der Waals surface area contributed by atoms with E-state index in [2.05, 4.69) is 6.07 Å². The highest BCUT2D eigenvalue weighted by Gasteiger charge is 2.50. The van der Waals surface area contributed by atoms with Gasteiger partial charge in [0.1, 0.15) is 6.04 Å². The van der Waals surface area contributed by atoms with E-state index in [-0.39, 0.29) is 5.91 Å². The number of carbonyl (C=O) groups excluding carboxylic acids is 1. The van der Waals surface area contributed by atoms with Gasteiger partial charge in [0, 0.05) is 6.54 Å². The predicted molar refractivity (Wildman–Crippen MR) is 79.1 cm³/mol. The van der Waals surface area contributed by atoms with Gasteiger partial charge in [0.25, 0.3) is 0 Å². The van der Waals surface area contributed by atoms with Crippen LogP contribution in [0.15, 0.2) is 24.3 Å². The molecule has 1 heterocycles. The topological polar surface area (TPSA) is 57.6 Å². The summed E-state index contributed by atoms with van der Waals surface area (Å²) in [6.07, 6.45) is 4.05. The summed E-state index contributed by atoms with van der Waals surface area (Å²) in [4.78, 5) is 26.0. The second kappa shape index (κ2) is 5.17. The molecule has 1 N–H and O–H groups in total. The van der Waals surface area contributed by atoms with E-state index in [4.69, 9.17) is 0 Å². The van der Waals surface area contributed by atoms with Crippen LogP contribution in [-0.2, 0) is 15.0 Å². The molecule has 1 aromatic rings. The SMILES string of the molecule is Cc1cccc(C2(C(=O)N3CCC[C@H]3C(=O)O)CCC2)c1. The van der Waals surface area contributed by atoms with Crippen molar-refractivity contribution < 1.29 is 14.7 Å². The van der Waals surface area contributed by atoms with Crippen molar-refractivity contribution in [3.8, 4) is 0 Å². The molecule has 0 aromatic heterocycles. The van der Waals surface area contributed by atoms with Gasteiger partial charge in [-0.3, -0.25) is 4.79 Å². The fraction of sp³-hybridized carbons (Fsp3) is 0.529. The summed E-state index contributed by atoms with van der Waals surface area (Å²) in [6.45, 7) is 2.60. The van der Waals surface area contributed by atoms with E-state index in [0.29, 0.717) is 13.0 Å². The lowest BCUT2D eigenvalue weighted by molar-refractivity contribution is -0.152. The molecule has 4 nitrogen and oxygen atoms in total. The lowest BCUT2D eigenvalue weighted by Crippen LogP contribution is -2.53. The first kappa shape index (κ1) is 14.1. The molecule has 1 saturated heterocycles. The van der Waals surface area contributed by atoms with E-state index in [0.717, 1.165) is 36.8 Å². The number of likely N-dealkylation sites (tertiary alicyclic amines) is 1. The molecule has 0 bridgehead atoms. The molecule has 1 saturated carbocycles. The monoisotopic (exact) mass is 287 g/mol. The first-order valence-electron chi connectivity index (χ1n) is 7.66. The zero-order valence-corrected chi connectivity index (χ0v) is 12.3. The first-order valence-corrected chi connectivity index (χ1v) is 7.66. The smallest absolute Gasteiger partial charge is 0.326 e. The van der Waals surface area contributed by atoms with E-state index in [1.807, 2.05) is 25.1 Å². The molecule has 3 rings (SSSR count). The quantitative estimate of drug-likeness (QED) is 0.929. The van der Waals surface area contributed by atoms with Gasteiger partial charge in [-0.1, -0.05) is 36.2 Å². The van der Waals surface area contributed by atoms with E-state index in [1.165, 1.54) is 0 Å². The number of aliphatic carboxylic acids is 1. The number of hydrogen-bond acceptors (Lipinski definition) is 2. The fourth-order valence-electron chi connectivity index (χ4n) is 3.64. The van der Waals surface area contributed by atoms with Crippen molar-refractivity contribution in [1.82, 2.24) is 4.90 Å². The second-order valence-corrected chi connectivity index (χ2v) is 6.30. The minimum absolute atomic E-state index is 0.0178. The molecule has 1 atom stereocenters. The van der Waals surface area contributed by atoms with Crippen LogP contribution < -0.4 is 0 Å². The van der Waals surface area contributed by atoms with Crippen LogP contribution in [-0.4, -0.2) is 34.5 Å². The Bertz CT molecular complexity index is 577. The maximum atomic E-state index is 13.0. The van der Waals surface area contributed by atoms with Crippen LogP contribution in [0.4, 0.5) is 0 Å². The molecule has 0 unspecified atom stereocenters. The van der Waals surface area contributed by atoms with E-state index < -0.39 is 17.4 Å². The second-order valence-electron chi connectivity index (χ2n) is 6.30. The number of aryl methyl sites for hydroxylation is 1. The Hall–Kier alpha value is -1.84. The van der Waals surface area contributed by atoms with Crippen LogP contribution in [0.1, 0.15) is 43.2 Å². The lowest BCUT2D eigenvalue weighted by Gasteiger charge is -2.44. The van der Waals surface area contributed by atoms with Crippen molar-refractivity contribution in [2.45, 2.75) is 50.5 Å². The van der Waals surface area contributed by atoms with Crippen molar-refractivity contribution in [3.63, 3.8) is 0 Å². The number of carbonyl (C=O) groups is 2. The third-order valence-electron chi connectivity index (χ3n) is 4.99. The number of benzene rings is 1. The maximum absolute atomic E-state index is 13.0. The number of hydrogen-bond donors (Lipinski definition) is 1. The summed E-state index contributed by atoms with van der Waals surface area (Å²) in [6, 6.07) is 7.45. The molecule has 4 heteroatoms. The molecule has 112 valence electrons. The van der Waals surface area contributed by atoms with Gasteiger partial charge in [-0.25, -0.2) is 4.79 Å². The molecule has 1 aliphatic carbocycles. The number of rotatable bonds is 3. The summed E-state index contributed by atoms with van der Waals surface area (Å²) in [5, 5.41) is 9.31. The predicted octanol–water partition coefficient (Wildman–Crippen LogP) is 2.49. The van der Waals surface area contributed by atoms with Gasteiger partial charge in [0.05, 0.1) is 5.41 Å². The van der Waals surface area contributed by atoms with Crippen LogP contribution >= 0.6 is 0 Å². The lowest BCUT2D eigenvalue weighted by atomic mass is 9.63. The number of carboxylic acids is 1. The molecule has 2 aliphatic rings. The summed E-state index contributed by atoms with van der Waals surface area (Å²) < 4.78 is 0. The Morgan fingerprint density at radius 3 is 2.62 bits per heavy atom. The Labute approximate surface area is 124 Å². The first-order chi connectivity index (χ1) is 10.0. The van der Waals surface area contributed by atoms with Crippen molar-refractivity contribution in [2.75, 3.05) is 6.54 Å². The Morgan fingerprint density at radius 2 is 2.05 bits per heavy atom. The van der Waals surface area contributed by atoms with E-state index in [9.17, 15) is 14.7 Å². The molecule has 1 aromatic carbocycles. The zero-order valence-electron chi connectivity index (χ0n) is 12.3. The summed E-state index contributed by atoms with van der Waals surface area (Å²) >= 11 is 0. The van der Waals surface area contributed by atoms with Crippen molar-refractivity contribution in [2.24, 2.45) is 0 Å². The van der Waals surface area contributed by atoms with Crippen LogP contribution in [0.2, 0.25) is 0 Å². The van der Waals surface area contributed by atoms with Gasteiger partial charge in [0.15, 0.2) is 0 Å². The largest absolute Gasteiger partial charge is 0.480 e. The average molecular weight is 287 g/mol. The molecule has 1 amide bonds. The molecule has 0 spiro atoms. The third-order valence-corrected chi connectivity index (χ3v) is 4.99. The highest BCUT2D eigenvalue weighted by atomic mass is 16.4. The zero-order chi connectivity index (χ0) is 15.0. The molecule has 2 fully saturated rings. The Balaban J connectivity index is 1.92. The van der Waals surface area contributed by atoms with Gasteiger partial charge >= 0.3 is 5.97 Å². The van der Waals surface area contributed by atoms with Gasteiger partial charge in [-0.05, 0) is 38.2 Å². The minimum Gasteiger partial charge on any atom is -0.480 e. The molecule has 1 aliphatic heterocycles. The van der Waals surface area contributed by atoms with E-state index in [1.54, 1.807) is 4.90 Å². The van der Waals surface area contributed by atoms with Crippen LogP contribution in [0.25, 0.3) is 0 Å². The molecule has 21 heavy (non-hydrogen) atoms.